The van der Waals surface area contributed by atoms with Gasteiger partial charge in [0.05, 0.1) is 12.1 Å². The lowest BCUT2D eigenvalue weighted by atomic mass is 9.79. The number of carboxylic acid groups (broad SMARTS) is 1. The zero-order valence-corrected chi connectivity index (χ0v) is 12.3. The van der Waals surface area contributed by atoms with Crippen LogP contribution < -0.4 is 5.73 Å². The van der Waals surface area contributed by atoms with E-state index in [-0.39, 0.29) is 18.0 Å². The highest BCUT2D eigenvalue weighted by atomic mass is 19.4. The second-order valence-electron chi connectivity index (χ2n) is 6.21. The zero-order valence-electron chi connectivity index (χ0n) is 12.3. The van der Waals surface area contributed by atoms with Crippen molar-refractivity contribution in [1.29, 1.82) is 5.26 Å². The minimum atomic E-state index is -5.08. The summed E-state index contributed by atoms with van der Waals surface area (Å²) in [5, 5.41) is 16.2. The maximum atomic E-state index is 12.2. The average Bonchev–Trinajstić information content (AvgIpc) is 3.06. The molecule has 3 fully saturated rings. The standard InChI is InChI=1S/C12H17N3O.C2HF3O2/c13-6-9-4-8-5-10(8)15(9)12(16)11(14)7-2-1-3-7;3-2(4,5)1(6)7/h7-11H,1-5,14H2;(H,6,7)/t8-,9?,10+,11?;/m1./s1. The summed E-state index contributed by atoms with van der Waals surface area (Å²) < 4.78 is 31.7. The summed E-state index contributed by atoms with van der Waals surface area (Å²) in [5.41, 5.74) is 6.00. The van der Waals surface area contributed by atoms with Crippen LogP contribution in [0, 0.1) is 23.2 Å². The Labute approximate surface area is 131 Å². The van der Waals surface area contributed by atoms with E-state index >= 15 is 0 Å². The number of halogens is 3. The Morgan fingerprint density at radius 2 is 1.87 bits per heavy atom. The molecule has 3 aliphatic rings. The number of piperidine rings is 1. The van der Waals surface area contributed by atoms with Gasteiger partial charge in [0, 0.05) is 6.04 Å². The van der Waals surface area contributed by atoms with Crippen molar-refractivity contribution in [3.63, 3.8) is 0 Å². The van der Waals surface area contributed by atoms with Gasteiger partial charge >= 0.3 is 12.1 Å². The van der Waals surface area contributed by atoms with Crippen LogP contribution in [0.4, 0.5) is 13.2 Å². The molecule has 9 heteroatoms. The number of hydrogen-bond donors (Lipinski definition) is 2. The molecule has 0 aromatic heterocycles. The largest absolute Gasteiger partial charge is 0.490 e. The third kappa shape index (κ3) is 3.75. The van der Waals surface area contributed by atoms with Crippen LogP contribution in [0.1, 0.15) is 32.1 Å². The molecule has 2 saturated carbocycles. The number of carbonyl (C=O) groups is 2. The first kappa shape index (κ1) is 17.5. The summed E-state index contributed by atoms with van der Waals surface area (Å²) in [6, 6.07) is 2.01. The lowest BCUT2D eigenvalue weighted by Gasteiger charge is -2.34. The predicted octanol–water partition coefficient (Wildman–Crippen LogP) is 1.26. The van der Waals surface area contributed by atoms with Crippen LogP contribution in [-0.4, -0.2) is 46.2 Å². The van der Waals surface area contributed by atoms with Crippen molar-refractivity contribution in [2.24, 2.45) is 17.6 Å². The quantitative estimate of drug-likeness (QED) is 0.791. The molecule has 0 spiro atoms. The Hall–Kier alpha value is -1.82. The number of hydrogen-bond acceptors (Lipinski definition) is 4. The molecule has 2 unspecified atom stereocenters. The second kappa shape index (κ2) is 6.35. The molecule has 128 valence electrons. The highest BCUT2D eigenvalue weighted by Crippen LogP contribution is 2.48. The summed E-state index contributed by atoms with van der Waals surface area (Å²) in [6.45, 7) is 0. The number of carbonyl (C=O) groups excluding carboxylic acids is 1. The van der Waals surface area contributed by atoms with Crippen LogP contribution in [-0.2, 0) is 9.59 Å². The van der Waals surface area contributed by atoms with Crippen molar-refractivity contribution < 1.29 is 27.9 Å². The van der Waals surface area contributed by atoms with Crippen molar-refractivity contribution in [2.75, 3.05) is 0 Å². The number of alkyl halides is 3. The zero-order chi connectivity index (χ0) is 17.4. The van der Waals surface area contributed by atoms with Gasteiger partial charge in [-0.25, -0.2) is 4.79 Å². The molecular formula is C14H18F3N3O3. The number of nitrogens with two attached hydrogens (primary N) is 1. The smallest absolute Gasteiger partial charge is 0.475 e. The van der Waals surface area contributed by atoms with Crippen LogP contribution in [0.2, 0.25) is 0 Å². The van der Waals surface area contributed by atoms with Gasteiger partial charge in [-0.2, -0.15) is 18.4 Å². The topological polar surface area (TPSA) is 107 Å². The Morgan fingerprint density at radius 3 is 2.26 bits per heavy atom. The maximum absolute atomic E-state index is 12.2. The van der Waals surface area contributed by atoms with E-state index in [2.05, 4.69) is 6.07 Å². The number of aliphatic carboxylic acids is 1. The van der Waals surface area contributed by atoms with Crippen molar-refractivity contribution >= 4 is 11.9 Å². The highest BCUT2D eigenvalue weighted by Gasteiger charge is 2.55. The maximum Gasteiger partial charge on any atom is 0.490 e. The van der Waals surface area contributed by atoms with Crippen molar-refractivity contribution in [1.82, 2.24) is 4.90 Å². The number of rotatable bonds is 2. The molecule has 3 N–H and O–H groups in total. The third-order valence-corrected chi connectivity index (χ3v) is 4.69. The number of carboxylic acids is 1. The summed E-state index contributed by atoms with van der Waals surface area (Å²) in [7, 11) is 0. The van der Waals surface area contributed by atoms with Gasteiger partial charge in [-0.3, -0.25) is 4.79 Å². The molecule has 0 aromatic carbocycles. The van der Waals surface area contributed by atoms with Gasteiger partial charge in [0.1, 0.15) is 6.04 Å². The molecule has 23 heavy (non-hydrogen) atoms. The van der Waals surface area contributed by atoms with E-state index < -0.39 is 12.1 Å². The van der Waals surface area contributed by atoms with Crippen LogP contribution in [0.25, 0.3) is 0 Å². The molecule has 1 amide bonds. The molecular weight excluding hydrogens is 315 g/mol. The van der Waals surface area contributed by atoms with Gasteiger partial charge in [0.15, 0.2) is 0 Å². The number of likely N-dealkylation sites (tertiary alicyclic amines) is 1. The van der Waals surface area contributed by atoms with Crippen molar-refractivity contribution in [2.45, 2.75) is 56.4 Å². The van der Waals surface area contributed by atoms with Crippen LogP contribution >= 0.6 is 0 Å². The first-order valence-electron chi connectivity index (χ1n) is 7.44. The van der Waals surface area contributed by atoms with E-state index in [4.69, 9.17) is 20.9 Å². The molecule has 0 aromatic rings. The van der Waals surface area contributed by atoms with Crippen LogP contribution in [0.5, 0.6) is 0 Å². The first-order valence-corrected chi connectivity index (χ1v) is 7.44. The van der Waals surface area contributed by atoms with Gasteiger partial charge in [0.25, 0.3) is 0 Å². The summed E-state index contributed by atoms with van der Waals surface area (Å²) in [6.07, 6.45) is 0.211. The fraction of sp³-hybridized carbons (Fsp3) is 0.786. The SMILES string of the molecule is N#CC1C[C@@H]2C[C@@H]2N1C(=O)C(N)C1CCC1.O=C(O)C(F)(F)F. The fourth-order valence-corrected chi connectivity index (χ4v) is 3.06. The minimum absolute atomic E-state index is 0.0289. The highest BCUT2D eigenvalue weighted by molar-refractivity contribution is 5.84. The third-order valence-electron chi connectivity index (χ3n) is 4.69. The Balaban J connectivity index is 0.000000236. The molecule has 1 aliphatic heterocycles. The Kier molecular flexibility index (Phi) is 4.84. The second-order valence-corrected chi connectivity index (χ2v) is 6.21. The van der Waals surface area contributed by atoms with Gasteiger partial charge in [0.2, 0.25) is 5.91 Å². The van der Waals surface area contributed by atoms with Gasteiger partial charge in [-0.1, -0.05) is 6.42 Å². The molecule has 4 atom stereocenters. The molecule has 6 nitrogen and oxygen atoms in total. The Bertz CT molecular complexity index is 528. The van der Waals surface area contributed by atoms with Gasteiger partial charge < -0.3 is 15.7 Å². The lowest BCUT2D eigenvalue weighted by Crippen LogP contribution is -2.51. The molecule has 1 saturated heterocycles. The van der Waals surface area contributed by atoms with Crippen LogP contribution in [0.3, 0.4) is 0 Å². The fourth-order valence-electron chi connectivity index (χ4n) is 3.06. The summed E-state index contributed by atoms with van der Waals surface area (Å²) in [4.78, 5) is 22.9. The first-order chi connectivity index (χ1) is 10.7. The number of fused-ring (bicyclic) bond motifs is 1. The number of nitrogens with zero attached hydrogens (tertiary/aromatic N) is 2. The van der Waals surface area contributed by atoms with Gasteiger partial charge in [-0.05, 0) is 37.5 Å². The van der Waals surface area contributed by atoms with Gasteiger partial charge in [-0.15, -0.1) is 0 Å². The molecule has 0 radical (unpaired) electrons. The lowest BCUT2D eigenvalue weighted by molar-refractivity contribution is -0.192. The Morgan fingerprint density at radius 1 is 1.30 bits per heavy atom. The molecule has 3 rings (SSSR count). The van der Waals surface area contributed by atoms with Crippen molar-refractivity contribution in [3.05, 3.63) is 0 Å². The monoisotopic (exact) mass is 333 g/mol. The predicted molar refractivity (Wildman–Crippen MR) is 71.8 cm³/mol. The average molecular weight is 333 g/mol. The van der Waals surface area contributed by atoms with E-state index in [1.807, 2.05) is 0 Å². The van der Waals surface area contributed by atoms with E-state index in [1.165, 1.54) is 6.42 Å². The van der Waals surface area contributed by atoms with E-state index in [0.717, 1.165) is 25.7 Å². The number of amides is 1. The normalized spacial score (nSPS) is 30.2. The molecule has 2 aliphatic carbocycles. The van der Waals surface area contributed by atoms with Crippen LogP contribution in [0.15, 0.2) is 0 Å². The molecule has 1 heterocycles. The summed E-state index contributed by atoms with van der Waals surface area (Å²) in [5.74, 6) is -1.78. The molecule has 0 bridgehead atoms. The van der Waals surface area contributed by atoms with E-state index in [0.29, 0.717) is 17.9 Å². The number of nitriles is 1. The van der Waals surface area contributed by atoms with E-state index in [1.54, 1.807) is 4.90 Å². The van der Waals surface area contributed by atoms with E-state index in [9.17, 15) is 18.0 Å². The minimum Gasteiger partial charge on any atom is -0.475 e. The van der Waals surface area contributed by atoms with Crippen molar-refractivity contribution in [3.8, 4) is 6.07 Å². The summed E-state index contributed by atoms with van der Waals surface area (Å²) >= 11 is 0.